The Bertz CT molecular complexity index is 781. The first-order valence-electron chi connectivity index (χ1n) is 9.18. The van der Waals surface area contributed by atoms with Crippen LogP contribution in [0.25, 0.3) is 0 Å². The number of hydrogen-bond acceptors (Lipinski definition) is 5. The Kier molecular flexibility index (Phi) is 7.34. The number of hydrogen-bond donors (Lipinski definition) is 3. The van der Waals surface area contributed by atoms with Crippen LogP contribution < -0.4 is 15.8 Å². The van der Waals surface area contributed by atoms with Crippen molar-refractivity contribution in [3.63, 3.8) is 0 Å². The molecule has 27 heavy (non-hydrogen) atoms. The SMILES string of the molecule is CCCC(C)N1CC(C(=O)Nc2cccc(S(=O)(=O)NCCN)c2)CC1=O. The van der Waals surface area contributed by atoms with E-state index in [1.807, 2.05) is 6.92 Å². The molecule has 1 aliphatic heterocycles. The number of nitrogens with two attached hydrogens (primary N) is 1. The molecule has 4 N–H and O–H groups in total. The number of likely N-dealkylation sites (tertiary alicyclic amines) is 1. The van der Waals surface area contributed by atoms with Crippen LogP contribution >= 0.6 is 0 Å². The highest BCUT2D eigenvalue weighted by atomic mass is 32.2. The molecule has 1 fully saturated rings. The van der Waals surface area contributed by atoms with Crippen molar-refractivity contribution in [1.82, 2.24) is 9.62 Å². The van der Waals surface area contributed by atoms with Gasteiger partial charge in [-0.1, -0.05) is 19.4 Å². The van der Waals surface area contributed by atoms with Crippen LogP contribution in [0.5, 0.6) is 0 Å². The van der Waals surface area contributed by atoms with Gasteiger partial charge < -0.3 is 16.0 Å². The van der Waals surface area contributed by atoms with E-state index >= 15 is 0 Å². The minimum atomic E-state index is -3.68. The Hall–Kier alpha value is -1.97. The molecule has 0 spiro atoms. The first-order chi connectivity index (χ1) is 12.8. The van der Waals surface area contributed by atoms with E-state index in [1.165, 1.54) is 12.1 Å². The van der Waals surface area contributed by atoms with E-state index in [1.54, 1.807) is 17.0 Å². The van der Waals surface area contributed by atoms with Gasteiger partial charge in [0.25, 0.3) is 0 Å². The number of benzene rings is 1. The lowest BCUT2D eigenvalue weighted by atomic mass is 10.1. The number of anilines is 1. The molecule has 0 aliphatic carbocycles. The van der Waals surface area contributed by atoms with Gasteiger partial charge in [-0.2, -0.15) is 0 Å². The maximum absolute atomic E-state index is 12.5. The van der Waals surface area contributed by atoms with Crippen LogP contribution in [0.4, 0.5) is 5.69 Å². The predicted molar refractivity (Wildman–Crippen MR) is 104 cm³/mol. The lowest BCUT2D eigenvalue weighted by Crippen LogP contribution is -2.35. The van der Waals surface area contributed by atoms with Gasteiger partial charge in [0.15, 0.2) is 0 Å². The summed E-state index contributed by atoms with van der Waals surface area (Å²) >= 11 is 0. The van der Waals surface area contributed by atoms with Gasteiger partial charge in [0.2, 0.25) is 21.8 Å². The molecule has 1 aromatic carbocycles. The molecule has 2 atom stereocenters. The van der Waals surface area contributed by atoms with E-state index in [-0.39, 0.29) is 42.3 Å². The van der Waals surface area contributed by atoms with E-state index in [0.29, 0.717) is 12.2 Å². The van der Waals surface area contributed by atoms with Crippen LogP contribution in [0, 0.1) is 5.92 Å². The Morgan fingerprint density at radius 3 is 2.81 bits per heavy atom. The summed E-state index contributed by atoms with van der Waals surface area (Å²) in [6, 6.07) is 6.13. The molecule has 0 saturated carbocycles. The van der Waals surface area contributed by atoms with Gasteiger partial charge >= 0.3 is 0 Å². The second kappa shape index (κ2) is 9.29. The molecule has 2 rings (SSSR count). The molecular weight excluding hydrogens is 368 g/mol. The van der Waals surface area contributed by atoms with Crippen LogP contribution in [-0.4, -0.2) is 50.8 Å². The zero-order valence-corrected chi connectivity index (χ0v) is 16.6. The molecule has 150 valence electrons. The zero-order valence-electron chi connectivity index (χ0n) is 15.8. The highest BCUT2D eigenvalue weighted by Gasteiger charge is 2.36. The van der Waals surface area contributed by atoms with E-state index in [2.05, 4.69) is 17.0 Å². The van der Waals surface area contributed by atoms with Gasteiger partial charge in [-0.25, -0.2) is 13.1 Å². The van der Waals surface area contributed by atoms with E-state index < -0.39 is 15.9 Å². The maximum atomic E-state index is 12.5. The first-order valence-corrected chi connectivity index (χ1v) is 10.7. The van der Waals surface area contributed by atoms with Gasteiger partial charge in [-0.05, 0) is 31.5 Å². The first kappa shape index (κ1) is 21.3. The lowest BCUT2D eigenvalue weighted by molar-refractivity contribution is -0.129. The van der Waals surface area contributed by atoms with Crippen LogP contribution in [0.2, 0.25) is 0 Å². The molecule has 1 aromatic rings. The maximum Gasteiger partial charge on any atom is 0.240 e. The molecule has 1 heterocycles. The third-order valence-electron chi connectivity index (χ3n) is 4.62. The Balaban J connectivity index is 2.04. The van der Waals surface area contributed by atoms with E-state index in [0.717, 1.165) is 12.8 Å². The number of nitrogens with zero attached hydrogens (tertiary/aromatic N) is 1. The summed E-state index contributed by atoms with van der Waals surface area (Å²) in [6.07, 6.45) is 2.05. The summed E-state index contributed by atoms with van der Waals surface area (Å²) in [6.45, 7) is 4.77. The van der Waals surface area contributed by atoms with Crippen molar-refractivity contribution < 1.29 is 18.0 Å². The molecule has 0 bridgehead atoms. The van der Waals surface area contributed by atoms with Gasteiger partial charge in [-0.3, -0.25) is 9.59 Å². The van der Waals surface area contributed by atoms with Crippen molar-refractivity contribution in [2.75, 3.05) is 25.0 Å². The molecule has 8 nitrogen and oxygen atoms in total. The van der Waals surface area contributed by atoms with Crippen molar-refractivity contribution in [3.8, 4) is 0 Å². The molecule has 0 aromatic heterocycles. The fraction of sp³-hybridized carbons (Fsp3) is 0.556. The molecule has 2 amide bonds. The minimum absolute atomic E-state index is 0.0154. The topological polar surface area (TPSA) is 122 Å². The lowest BCUT2D eigenvalue weighted by Gasteiger charge is -2.24. The number of amides is 2. The van der Waals surface area contributed by atoms with Gasteiger partial charge in [0.1, 0.15) is 0 Å². The fourth-order valence-electron chi connectivity index (χ4n) is 3.17. The van der Waals surface area contributed by atoms with Crippen molar-refractivity contribution in [2.45, 2.75) is 44.0 Å². The molecule has 0 radical (unpaired) electrons. The number of rotatable bonds is 9. The van der Waals surface area contributed by atoms with Gasteiger partial charge in [-0.15, -0.1) is 0 Å². The van der Waals surface area contributed by atoms with Crippen molar-refractivity contribution in [2.24, 2.45) is 11.7 Å². The van der Waals surface area contributed by atoms with Crippen LogP contribution in [0.1, 0.15) is 33.1 Å². The quantitative estimate of drug-likeness (QED) is 0.572. The summed E-state index contributed by atoms with van der Waals surface area (Å²) in [4.78, 5) is 26.5. The van der Waals surface area contributed by atoms with E-state index in [9.17, 15) is 18.0 Å². The molecule has 2 unspecified atom stereocenters. The highest BCUT2D eigenvalue weighted by molar-refractivity contribution is 7.89. The number of carbonyl (C=O) groups is 2. The average molecular weight is 397 g/mol. The van der Waals surface area contributed by atoms with Crippen molar-refractivity contribution in [1.29, 1.82) is 0 Å². The average Bonchev–Trinajstić information content (AvgIpc) is 3.02. The standard InChI is InChI=1S/C18H28N4O4S/c1-3-5-13(2)22-12-14(10-17(22)23)18(24)21-15-6-4-7-16(11-15)27(25,26)20-9-8-19/h4,6-7,11,13-14,20H,3,5,8-10,12,19H2,1-2H3,(H,21,24). The summed E-state index contributed by atoms with van der Waals surface area (Å²) in [5.74, 6) is -0.732. The minimum Gasteiger partial charge on any atom is -0.339 e. The van der Waals surface area contributed by atoms with Crippen LogP contribution in [-0.2, 0) is 19.6 Å². The second-order valence-corrected chi connectivity index (χ2v) is 8.56. The number of sulfonamides is 1. The van der Waals surface area contributed by atoms with Gasteiger partial charge in [0.05, 0.1) is 10.8 Å². The zero-order chi connectivity index (χ0) is 20.0. The third-order valence-corrected chi connectivity index (χ3v) is 6.07. The fourth-order valence-corrected chi connectivity index (χ4v) is 4.26. The van der Waals surface area contributed by atoms with Gasteiger partial charge in [0, 0.05) is 37.8 Å². The number of nitrogens with one attached hydrogen (secondary N) is 2. The second-order valence-electron chi connectivity index (χ2n) is 6.79. The van der Waals surface area contributed by atoms with Crippen LogP contribution in [0.15, 0.2) is 29.2 Å². The van der Waals surface area contributed by atoms with E-state index in [4.69, 9.17) is 5.73 Å². The summed E-state index contributed by atoms with van der Waals surface area (Å²) in [5.41, 5.74) is 5.70. The Labute approximate surface area is 160 Å². The van der Waals surface area contributed by atoms with Crippen LogP contribution in [0.3, 0.4) is 0 Å². The molecule has 1 aliphatic rings. The summed E-state index contributed by atoms with van der Waals surface area (Å²) in [5, 5.41) is 2.73. The largest absolute Gasteiger partial charge is 0.339 e. The predicted octanol–water partition coefficient (Wildman–Crippen LogP) is 0.899. The Morgan fingerprint density at radius 2 is 2.15 bits per heavy atom. The van der Waals surface area contributed by atoms with Crippen molar-refractivity contribution >= 4 is 27.5 Å². The Morgan fingerprint density at radius 1 is 1.41 bits per heavy atom. The monoisotopic (exact) mass is 396 g/mol. The molecule has 1 saturated heterocycles. The molecular formula is C18H28N4O4S. The smallest absolute Gasteiger partial charge is 0.240 e. The highest BCUT2D eigenvalue weighted by Crippen LogP contribution is 2.24. The van der Waals surface area contributed by atoms with Crippen molar-refractivity contribution in [3.05, 3.63) is 24.3 Å². The summed E-state index contributed by atoms with van der Waals surface area (Å²) in [7, 11) is -3.68. The number of carbonyl (C=O) groups excluding carboxylic acids is 2. The summed E-state index contributed by atoms with van der Waals surface area (Å²) < 4.78 is 26.7. The molecule has 9 heteroatoms. The normalized spacial score (nSPS) is 18.6. The third kappa shape index (κ3) is 5.50.